The molecule has 0 amide bonds. The van der Waals surface area contributed by atoms with Gasteiger partial charge in [-0.05, 0) is 91.9 Å². The molecule has 0 aliphatic carbocycles. The second-order valence-corrected chi connectivity index (χ2v) is 18.2. The number of aryl methyl sites for hydroxylation is 1. The van der Waals surface area contributed by atoms with Crippen LogP contribution in [0, 0.1) is 6.92 Å². The normalized spacial score (nSPS) is 10.6. The molecule has 80 heavy (non-hydrogen) atoms. The van der Waals surface area contributed by atoms with Crippen LogP contribution in [0.4, 0.5) is 69.8 Å². The van der Waals surface area contributed by atoms with E-state index in [1.54, 1.807) is 31.2 Å². The Morgan fingerprint density at radius 1 is 0.362 bits per heavy atom. The van der Waals surface area contributed by atoms with Gasteiger partial charge in [-0.3, -0.25) is 20.4 Å². The van der Waals surface area contributed by atoms with Crippen LogP contribution in [0.25, 0.3) is 43.6 Å². The van der Waals surface area contributed by atoms with E-state index in [0.717, 1.165) is 106 Å². The zero-order valence-corrected chi connectivity index (χ0v) is 44.0. The molecular formula is C57H47BrN22. The minimum atomic E-state index is 0.526. The second-order valence-electron chi connectivity index (χ2n) is 17.3. The Morgan fingerprint density at radius 3 is 1.23 bits per heavy atom. The summed E-state index contributed by atoms with van der Waals surface area (Å²) in [4.78, 5) is 35.2. The average Bonchev–Trinajstić information content (AvgIpc) is 4.39. The van der Waals surface area contributed by atoms with Crippen molar-refractivity contribution in [2.24, 2.45) is 0 Å². The Hall–Kier alpha value is -11.2. The molecule has 0 atom stereocenters. The van der Waals surface area contributed by atoms with E-state index in [-0.39, 0.29) is 0 Å². The van der Waals surface area contributed by atoms with Gasteiger partial charge in [-0.25, -0.2) is 29.9 Å². The molecule has 0 radical (unpaired) electrons. The Morgan fingerprint density at radius 2 is 0.775 bits per heavy atom. The summed E-state index contributed by atoms with van der Waals surface area (Å²) in [6, 6.07) is 56.6. The third-order valence-corrected chi connectivity index (χ3v) is 12.2. The molecule has 0 aliphatic rings. The number of rotatable bonds is 12. The summed E-state index contributed by atoms with van der Waals surface area (Å²) in [5.41, 5.74) is 6.41. The highest BCUT2D eigenvalue weighted by Crippen LogP contribution is 2.29. The molecular weight excluding hydrogens is 1070 g/mol. The van der Waals surface area contributed by atoms with Crippen molar-refractivity contribution in [2.75, 3.05) is 31.9 Å². The number of aromatic nitrogens is 16. The van der Waals surface area contributed by atoms with Crippen LogP contribution in [0.1, 0.15) is 5.69 Å². The van der Waals surface area contributed by atoms with Crippen molar-refractivity contribution in [3.05, 3.63) is 217 Å². The molecule has 392 valence electrons. The van der Waals surface area contributed by atoms with Gasteiger partial charge in [-0.15, -0.1) is 0 Å². The Balaban J connectivity index is 0.000000114. The van der Waals surface area contributed by atoms with Crippen LogP contribution in [0.15, 0.2) is 212 Å². The van der Waals surface area contributed by atoms with Gasteiger partial charge >= 0.3 is 0 Å². The van der Waals surface area contributed by atoms with E-state index < -0.39 is 0 Å². The van der Waals surface area contributed by atoms with Crippen LogP contribution in [-0.4, -0.2) is 80.7 Å². The fourth-order valence-electron chi connectivity index (χ4n) is 7.94. The zero-order valence-electron chi connectivity index (χ0n) is 42.4. The predicted octanol–water partition coefficient (Wildman–Crippen LogP) is 12.9. The van der Waals surface area contributed by atoms with Gasteiger partial charge in [0.05, 0.1) is 40.7 Å². The van der Waals surface area contributed by atoms with Gasteiger partial charge in [-0.2, -0.15) is 30.4 Å². The Labute approximate surface area is 464 Å². The van der Waals surface area contributed by atoms with Crippen molar-refractivity contribution in [2.45, 2.75) is 6.92 Å². The molecule has 0 saturated carbocycles. The van der Waals surface area contributed by atoms with E-state index in [0.29, 0.717) is 17.7 Å². The number of hydrogen-bond donors (Lipinski definition) is 10. The molecule has 0 fully saturated rings. The fraction of sp³-hybridized carbons (Fsp3) is 0.0175. The predicted molar refractivity (Wildman–Crippen MR) is 318 cm³/mol. The first-order valence-electron chi connectivity index (χ1n) is 24.8. The highest BCUT2D eigenvalue weighted by atomic mass is 79.9. The number of hydrogen-bond acceptors (Lipinski definition) is 18. The molecule has 0 unspecified atom stereocenters. The van der Waals surface area contributed by atoms with Gasteiger partial charge in [0.25, 0.3) is 0 Å². The number of benzene rings is 6. The maximum Gasteiger partial charge on any atom is 0.229 e. The summed E-state index contributed by atoms with van der Waals surface area (Å²) in [6.07, 6.45) is 8.15. The van der Waals surface area contributed by atoms with Gasteiger partial charge in [0, 0.05) is 67.4 Å². The summed E-state index contributed by atoms with van der Waals surface area (Å²) < 4.78 is 1.02. The van der Waals surface area contributed by atoms with Crippen molar-refractivity contribution in [3.63, 3.8) is 0 Å². The number of anilines is 12. The zero-order chi connectivity index (χ0) is 54.3. The number of aromatic amines is 4. The highest BCUT2D eigenvalue weighted by Gasteiger charge is 2.12. The van der Waals surface area contributed by atoms with Crippen molar-refractivity contribution in [3.8, 4) is 0 Å². The summed E-state index contributed by atoms with van der Waals surface area (Å²) >= 11 is 3.43. The SMILES string of the molecule is Brc1ccc(Nc2nc(Nc3ccn[nH]3)c3ccccc3n2)cc1.Cc1cc(Nc2ncnc3ccccc23)n[nH]1.c1ccc(Nc2nc(Nc3ccn[nH]3)c3ccccc3n2)cc1.c1ccc2c(Nc3ccn[nH]3)ncnc2c1. The molecule has 0 bridgehead atoms. The summed E-state index contributed by atoms with van der Waals surface area (Å²) in [7, 11) is 0. The molecule has 23 heteroatoms. The van der Waals surface area contributed by atoms with Gasteiger partial charge in [0.1, 0.15) is 53.4 Å². The van der Waals surface area contributed by atoms with E-state index in [1.807, 2.05) is 183 Å². The molecule has 8 aromatic heterocycles. The number of nitrogens with one attached hydrogen (secondary N) is 10. The largest absolute Gasteiger partial charge is 0.325 e. The molecule has 0 spiro atoms. The first-order valence-corrected chi connectivity index (χ1v) is 25.6. The lowest BCUT2D eigenvalue weighted by Crippen LogP contribution is -2.02. The molecule has 6 aromatic carbocycles. The van der Waals surface area contributed by atoms with Crippen LogP contribution in [0.3, 0.4) is 0 Å². The minimum Gasteiger partial charge on any atom is -0.325 e. The molecule has 14 aromatic rings. The van der Waals surface area contributed by atoms with Crippen LogP contribution >= 0.6 is 15.9 Å². The number of para-hydroxylation sites is 5. The highest BCUT2D eigenvalue weighted by molar-refractivity contribution is 9.10. The maximum atomic E-state index is 4.60. The molecule has 8 heterocycles. The standard InChI is InChI=1S/C17H13BrN6.C17H14N6.C12H11N5.C11H9N5/c18-11-5-7-12(8-6-11)20-17-21-14-4-2-1-3-13(14)16(23-17)22-15-9-10-19-24-15;1-2-6-12(7-3-1)19-17-20-14-9-5-4-8-13(14)16(22-17)21-15-10-11-18-23-15;1-8-6-11(17-16-8)15-12-9-4-2-3-5-10(9)13-7-14-12;1-2-4-9-8(3-1)11(13-7-12-9)15-10-5-6-14-16-10/h1-10H,(H3,19,20,21,22,23,24);1-11H,(H3,18,19,20,21,22,23);2-7H,1H3,(H2,13,14,15,16,17);1-7H,(H2,12,13,14,15,16). The van der Waals surface area contributed by atoms with Crippen LogP contribution < -0.4 is 31.9 Å². The van der Waals surface area contributed by atoms with E-state index in [4.69, 9.17) is 0 Å². The number of nitrogens with zero attached hydrogens (tertiary/aromatic N) is 12. The van der Waals surface area contributed by atoms with Crippen LogP contribution in [-0.2, 0) is 0 Å². The monoisotopic (exact) mass is 1120 g/mol. The quantitative estimate of drug-likeness (QED) is 0.0544. The average molecular weight is 1120 g/mol. The molecule has 22 nitrogen and oxygen atoms in total. The molecule has 0 saturated heterocycles. The van der Waals surface area contributed by atoms with Crippen LogP contribution in [0.2, 0.25) is 0 Å². The van der Waals surface area contributed by atoms with E-state index in [1.165, 1.54) is 0 Å². The molecule has 10 N–H and O–H groups in total. The minimum absolute atomic E-state index is 0.526. The lowest BCUT2D eigenvalue weighted by Gasteiger charge is -2.11. The number of halogens is 1. The lowest BCUT2D eigenvalue weighted by molar-refractivity contribution is 1.05. The van der Waals surface area contributed by atoms with Gasteiger partial charge in [-0.1, -0.05) is 82.7 Å². The van der Waals surface area contributed by atoms with E-state index >= 15 is 0 Å². The summed E-state index contributed by atoms with van der Waals surface area (Å²) in [5.74, 6) is 7.15. The van der Waals surface area contributed by atoms with Gasteiger partial charge < -0.3 is 31.9 Å². The van der Waals surface area contributed by atoms with Crippen molar-refractivity contribution in [1.82, 2.24) is 80.7 Å². The van der Waals surface area contributed by atoms with E-state index in [2.05, 4.69) is 128 Å². The topological polar surface area (TPSA) is 290 Å². The third-order valence-electron chi connectivity index (χ3n) is 11.6. The number of fused-ring (bicyclic) bond motifs is 4. The second kappa shape index (κ2) is 24.6. The van der Waals surface area contributed by atoms with E-state index in [9.17, 15) is 0 Å². The van der Waals surface area contributed by atoms with Crippen molar-refractivity contribution < 1.29 is 0 Å². The Bertz CT molecular complexity index is 4220. The van der Waals surface area contributed by atoms with Crippen molar-refractivity contribution >= 4 is 129 Å². The molecule has 14 rings (SSSR count). The van der Waals surface area contributed by atoms with Crippen molar-refractivity contribution in [1.29, 1.82) is 0 Å². The smallest absolute Gasteiger partial charge is 0.229 e. The molecule has 0 aliphatic heterocycles. The first kappa shape index (κ1) is 50.9. The first-order chi connectivity index (χ1) is 39.4. The maximum absolute atomic E-state index is 4.60. The fourth-order valence-corrected chi connectivity index (χ4v) is 8.20. The summed E-state index contributed by atoms with van der Waals surface area (Å²) in [5, 5.41) is 50.5. The Kier molecular flexibility index (Phi) is 15.7. The lowest BCUT2D eigenvalue weighted by atomic mass is 10.2. The third kappa shape index (κ3) is 13.1. The summed E-state index contributed by atoms with van der Waals surface area (Å²) in [6.45, 7) is 1.95. The van der Waals surface area contributed by atoms with Crippen LogP contribution in [0.5, 0.6) is 0 Å². The van der Waals surface area contributed by atoms with Gasteiger partial charge in [0.2, 0.25) is 11.9 Å². The van der Waals surface area contributed by atoms with Gasteiger partial charge in [0.15, 0.2) is 5.82 Å². The number of H-pyrrole nitrogens is 4.